The van der Waals surface area contributed by atoms with Gasteiger partial charge in [-0.3, -0.25) is 62.3 Å². The van der Waals surface area contributed by atoms with Crippen molar-refractivity contribution >= 4 is 100 Å². The molecule has 7 rings (SSSR count). The van der Waals surface area contributed by atoms with Crippen molar-refractivity contribution in [2.75, 3.05) is 31.1 Å². The highest BCUT2D eigenvalue weighted by atomic mass is 32.2. The number of thioether (sulfide) groups is 2. The van der Waals surface area contributed by atoms with Gasteiger partial charge >= 0.3 is 5.97 Å². The van der Waals surface area contributed by atoms with Gasteiger partial charge in [-0.05, 0) is 183 Å². The lowest BCUT2D eigenvalue weighted by molar-refractivity contribution is -0.144. The number of nitrogens with zero attached hydrogens (tertiary/aromatic N) is 1. The Hall–Kier alpha value is -7.17. The molecule has 33 heteroatoms. The van der Waals surface area contributed by atoms with Crippen molar-refractivity contribution in [1.82, 2.24) is 68.7 Å². The average molecular weight is 1550 g/mol. The van der Waals surface area contributed by atoms with Gasteiger partial charge in [0.25, 0.3) is 0 Å². The van der Waals surface area contributed by atoms with Crippen molar-refractivity contribution in [3.63, 3.8) is 0 Å². The second-order valence-corrected chi connectivity index (χ2v) is 33.6. The number of amides is 12. The van der Waals surface area contributed by atoms with Crippen LogP contribution in [0.1, 0.15) is 201 Å². The van der Waals surface area contributed by atoms with Crippen LogP contribution in [-0.4, -0.2) is 224 Å². The lowest BCUT2D eigenvalue weighted by Gasteiger charge is -2.35. The number of primary amides is 1. The number of aliphatic hydroxyl groups is 3. The third-order valence-electron chi connectivity index (χ3n) is 21.6. The van der Waals surface area contributed by atoms with Crippen molar-refractivity contribution in [2.24, 2.45) is 34.8 Å². The maximum Gasteiger partial charge on any atom is 0.303 e. The third-order valence-corrected chi connectivity index (χ3v) is 23.8. The molecular formula is C75H120N14O17S2. The monoisotopic (exact) mass is 1550 g/mol. The summed E-state index contributed by atoms with van der Waals surface area (Å²) in [5.74, 6) is -9.76. The number of nitrogens with one attached hydrogen (secondary N) is 12. The van der Waals surface area contributed by atoms with Crippen LogP contribution in [0.15, 0.2) is 24.3 Å². The summed E-state index contributed by atoms with van der Waals surface area (Å²) in [6.45, 7) is 12.8. The van der Waals surface area contributed by atoms with Crippen LogP contribution in [0.25, 0.3) is 0 Å². The molecule has 1 aromatic rings. The largest absolute Gasteiger partial charge is 0.481 e. The number of nitrogens with two attached hydrogens (primary N) is 1. The van der Waals surface area contributed by atoms with Gasteiger partial charge in [0.15, 0.2) is 0 Å². The summed E-state index contributed by atoms with van der Waals surface area (Å²) in [4.78, 5) is 187. The highest BCUT2D eigenvalue weighted by molar-refractivity contribution is 7.98. The van der Waals surface area contributed by atoms with Crippen LogP contribution in [0.5, 0.6) is 0 Å². The van der Waals surface area contributed by atoms with Gasteiger partial charge in [0.1, 0.15) is 66.5 Å². The number of fused-ring (bicyclic) bond motifs is 4. The summed E-state index contributed by atoms with van der Waals surface area (Å²) in [7, 11) is 0. The van der Waals surface area contributed by atoms with E-state index in [1.807, 2.05) is 24.3 Å². The molecule has 0 spiro atoms. The van der Waals surface area contributed by atoms with Crippen LogP contribution in [-0.2, 0) is 73.8 Å². The average Bonchev–Trinajstić information content (AvgIpc) is 1.78. The minimum absolute atomic E-state index is 0.00308. The van der Waals surface area contributed by atoms with E-state index < -0.39 is 180 Å². The van der Waals surface area contributed by atoms with Gasteiger partial charge < -0.3 is 94.9 Å². The number of rotatable bonds is 15. The predicted octanol–water partition coefficient (Wildman–Crippen LogP) is 0.610. The Morgan fingerprint density at radius 3 is 1.69 bits per heavy atom. The summed E-state index contributed by atoms with van der Waals surface area (Å²) in [6.07, 6.45) is 2.88. The summed E-state index contributed by atoms with van der Waals surface area (Å²) in [6, 6.07) is -7.07. The molecule has 2 bridgehead atoms. The Kier molecular flexibility index (Phi) is 34.9. The topological polar surface area (TPSA) is 476 Å². The molecule has 3 saturated heterocycles. The number of hydrogen-bond donors (Lipinski definition) is 17. The fraction of sp³-hybridized carbons (Fsp3) is 0.747. The van der Waals surface area contributed by atoms with Gasteiger partial charge in [0.2, 0.25) is 70.9 Å². The molecule has 18 N–H and O–H groups in total. The number of piperidine rings is 1. The van der Waals surface area contributed by atoms with Crippen molar-refractivity contribution in [3.05, 3.63) is 35.4 Å². The lowest BCUT2D eigenvalue weighted by atomic mass is 9.82. The zero-order chi connectivity index (χ0) is 78.9. The molecule has 31 nitrogen and oxygen atoms in total. The molecule has 0 radical (unpaired) electrons. The first kappa shape index (κ1) is 88.0. The summed E-state index contributed by atoms with van der Waals surface area (Å²) >= 11 is 2.82. The maximum absolute atomic E-state index is 15.1. The van der Waals surface area contributed by atoms with E-state index in [1.165, 1.54) is 42.3 Å². The molecule has 4 aliphatic heterocycles. The van der Waals surface area contributed by atoms with Crippen LogP contribution in [0.3, 0.4) is 0 Å². The molecule has 2 saturated carbocycles. The molecular weight excluding hydrogens is 1430 g/mol. The summed E-state index contributed by atoms with van der Waals surface area (Å²) in [5, 5.41) is 76.6. The van der Waals surface area contributed by atoms with Gasteiger partial charge in [-0.2, -0.15) is 23.5 Å². The fourth-order valence-electron chi connectivity index (χ4n) is 15.4. The van der Waals surface area contributed by atoms with Crippen LogP contribution < -0.4 is 69.5 Å². The van der Waals surface area contributed by atoms with E-state index in [0.717, 1.165) is 30.5 Å². The van der Waals surface area contributed by atoms with Gasteiger partial charge in [-0.1, -0.05) is 71.7 Å². The Morgan fingerprint density at radius 2 is 1.12 bits per heavy atom. The van der Waals surface area contributed by atoms with E-state index in [9.17, 15) is 73.2 Å². The van der Waals surface area contributed by atoms with Crippen molar-refractivity contribution in [2.45, 2.75) is 292 Å². The minimum atomic E-state index is -1.71. The van der Waals surface area contributed by atoms with Crippen LogP contribution in [0.2, 0.25) is 0 Å². The molecule has 604 valence electrons. The molecule has 108 heavy (non-hydrogen) atoms. The van der Waals surface area contributed by atoms with Gasteiger partial charge in [-0.15, -0.1) is 0 Å². The Morgan fingerprint density at radius 1 is 0.593 bits per heavy atom. The first-order valence-corrected chi connectivity index (χ1v) is 41.2. The minimum Gasteiger partial charge on any atom is -0.481 e. The Balaban J connectivity index is 1.19. The van der Waals surface area contributed by atoms with E-state index in [0.29, 0.717) is 88.0 Å². The molecule has 0 aromatic heterocycles. The second-order valence-electron chi connectivity index (χ2n) is 31.5. The Labute approximate surface area is 642 Å². The number of carbonyl (C=O) groups is 13. The first-order chi connectivity index (χ1) is 51.3. The van der Waals surface area contributed by atoms with E-state index in [2.05, 4.69) is 63.8 Å². The van der Waals surface area contributed by atoms with E-state index >= 15 is 9.59 Å². The molecule has 5 fully saturated rings. The predicted molar refractivity (Wildman–Crippen MR) is 406 cm³/mol. The summed E-state index contributed by atoms with van der Waals surface area (Å²) in [5.41, 5.74) is 6.77. The molecule has 4 heterocycles. The zero-order valence-corrected chi connectivity index (χ0v) is 65.4. The van der Waals surface area contributed by atoms with Crippen LogP contribution in [0.4, 0.5) is 0 Å². The van der Waals surface area contributed by atoms with E-state index in [1.54, 1.807) is 34.6 Å². The molecule has 12 amide bonds. The zero-order valence-electron chi connectivity index (χ0n) is 63.7. The van der Waals surface area contributed by atoms with E-state index in [-0.39, 0.29) is 93.5 Å². The Bertz CT molecular complexity index is 3260. The number of aliphatic carboxylic acids is 1. The number of carboxylic acid groups (broad SMARTS) is 1. The SMILES string of the molecule is CCC[C@@H]1NC(=O)[C@H](CC2CCC(O)CC2)NC(=O)[C@H](CCC(=O)O)NC(=O)[C@H](CCC)NC(=O)[C@H](CC2CNC3NCCCC23)NC(=O)[C@H]([C@@H](C)O)NC(=O)[C@@H]2CCCN2C(=O)[C@H](CC2CCC(O)CC2)NC(=O)[C@H](C(C)(C)C)NC(=O)CCSCc2cccc(c2)CSC[C@@H](C(N)=O)NC(=O)[C@H](C)NC1=O. The number of carbonyl (C=O) groups excluding carboxylic acids is 12. The van der Waals surface area contributed by atoms with Gasteiger partial charge in [0, 0.05) is 42.4 Å². The van der Waals surface area contributed by atoms with Gasteiger partial charge in [0.05, 0.1) is 24.5 Å². The standard InChI is InChI=1S/C75H120N14O17S2/c1-8-13-51-66(98)79-41(3)65(97)86-57(63(76)96)40-108-39-46-16-10-15-45(33-46)38-107-32-29-59(93)87-62(75(5,6)7)73(105)85-56(35-44-21-25-49(92)26-22-44)74(106)89-31-12-18-58(89)71(103)88-61(42(4)90)72(104)84-55(36-47-37-78-64-50(47)17-11-30-77-64)70(102)81-52(14-9-2)67(99)82-53(27-28-60(94)95)68(100)83-54(69(101)80-51)34-43-19-23-48(91)24-20-43/h10,15-16,33,41-44,47-58,61-62,64,77-78,90-92H,8-9,11-14,17-32,34-40H2,1-7H3,(H2,76,96)(H,79,98)(H,80,101)(H,81,102)(H,82,99)(H,83,100)(H,84,104)(H,85,105)(H,86,97)(H,87,93)(H,88,103)(H,94,95)/t41-,42+,43?,44?,47?,48?,49?,50?,51-,52-,53-,54-,55-,56-,57-,58-,61-,62+,64?/m0/s1. The second kappa shape index (κ2) is 42.9. The maximum atomic E-state index is 15.1. The van der Waals surface area contributed by atoms with E-state index in [4.69, 9.17) is 5.73 Å². The molecule has 2 aliphatic carbocycles. The van der Waals surface area contributed by atoms with Crippen LogP contribution >= 0.6 is 23.5 Å². The summed E-state index contributed by atoms with van der Waals surface area (Å²) < 4.78 is 0. The number of carboxylic acids is 1. The van der Waals surface area contributed by atoms with Gasteiger partial charge in [-0.25, -0.2) is 0 Å². The molecule has 6 aliphatic rings. The smallest absolute Gasteiger partial charge is 0.303 e. The first-order valence-electron chi connectivity index (χ1n) is 38.9. The number of benzene rings is 1. The highest BCUT2D eigenvalue weighted by Crippen LogP contribution is 2.34. The molecule has 1 aromatic carbocycles. The normalized spacial score (nSPS) is 32.3. The lowest BCUT2D eigenvalue weighted by Crippen LogP contribution is -2.62. The highest BCUT2D eigenvalue weighted by Gasteiger charge is 2.45. The molecule has 3 unspecified atom stereocenters. The quantitative estimate of drug-likeness (QED) is 0.114. The van der Waals surface area contributed by atoms with Crippen molar-refractivity contribution < 1.29 is 82.8 Å². The number of hydrogen-bond acceptors (Lipinski definition) is 20. The molecule has 15 atom stereocenters. The van der Waals surface area contributed by atoms with Crippen LogP contribution in [0, 0.1) is 29.1 Å². The fourth-order valence-corrected chi connectivity index (χ4v) is 17.3. The van der Waals surface area contributed by atoms with Crippen molar-refractivity contribution in [3.8, 4) is 0 Å². The number of aliphatic hydroxyl groups excluding tert-OH is 3. The third kappa shape index (κ3) is 27.1. The van der Waals surface area contributed by atoms with Crippen molar-refractivity contribution in [1.29, 1.82) is 0 Å².